The summed E-state index contributed by atoms with van der Waals surface area (Å²) in [6.07, 6.45) is 0. The molecule has 2 aromatic carbocycles. The van der Waals surface area contributed by atoms with Crippen molar-refractivity contribution >= 4 is 27.3 Å². The zero-order chi connectivity index (χ0) is 17.5. The number of nitrogens with one attached hydrogen (secondary N) is 1. The molecule has 0 aliphatic heterocycles. The van der Waals surface area contributed by atoms with Gasteiger partial charge in [-0.2, -0.15) is 0 Å². The van der Waals surface area contributed by atoms with Crippen LogP contribution < -0.4 is 4.72 Å². The molecule has 10 heteroatoms. The molecule has 3 nitrogen and oxygen atoms in total. The SMILES string of the molecule is Cc1cc(Cl)ccc1NS(=O)(=O)c1c(F)c(F)c(F)c(F)c1F. The predicted octanol–water partition coefficient (Wildman–Crippen LogP) is 4.14. The van der Waals surface area contributed by atoms with Crippen molar-refractivity contribution in [2.24, 2.45) is 0 Å². The molecule has 0 spiro atoms. The smallest absolute Gasteiger partial charge is 0.268 e. The molecule has 124 valence electrons. The second-order valence-electron chi connectivity index (χ2n) is 4.46. The molecule has 0 saturated heterocycles. The second-order valence-corrected chi connectivity index (χ2v) is 6.52. The molecule has 23 heavy (non-hydrogen) atoms. The summed E-state index contributed by atoms with van der Waals surface area (Å²) < 4.78 is 92.2. The average Bonchev–Trinajstić information content (AvgIpc) is 2.46. The highest BCUT2D eigenvalue weighted by Crippen LogP contribution is 2.29. The monoisotopic (exact) mass is 371 g/mol. The largest absolute Gasteiger partial charge is 0.279 e. The summed E-state index contributed by atoms with van der Waals surface area (Å²) in [5.41, 5.74) is 0.156. The van der Waals surface area contributed by atoms with Gasteiger partial charge in [-0.3, -0.25) is 4.72 Å². The van der Waals surface area contributed by atoms with Crippen LogP contribution in [-0.4, -0.2) is 8.42 Å². The molecule has 0 fully saturated rings. The molecule has 0 aliphatic carbocycles. The van der Waals surface area contributed by atoms with Gasteiger partial charge in [0.2, 0.25) is 5.82 Å². The highest BCUT2D eigenvalue weighted by molar-refractivity contribution is 7.92. The third-order valence-electron chi connectivity index (χ3n) is 2.87. The lowest BCUT2D eigenvalue weighted by atomic mass is 10.2. The minimum atomic E-state index is -5.06. The summed E-state index contributed by atoms with van der Waals surface area (Å²) in [5.74, 6) is -12.0. The first-order valence-electron chi connectivity index (χ1n) is 5.86. The first kappa shape index (κ1) is 17.5. The van der Waals surface area contributed by atoms with Crippen molar-refractivity contribution in [2.75, 3.05) is 4.72 Å². The second kappa shape index (κ2) is 5.97. The Morgan fingerprint density at radius 3 is 1.87 bits per heavy atom. The van der Waals surface area contributed by atoms with E-state index in [-0.39, 0.29) is 16.3 Å². The van der Waals surface area contributed by atoms with Gasteiger partial charge in [0, 0.05) is 5.02 Å². The third kappa shape index (κ3) is 3.11. The van der Waals surface area contributed by atoms with Crippen molar-refractivity contribution in [1.82, 2.24) is 0 Å². The number of hydrogen-bond acceptors (Lipinski definition) is 2. The van der Waals surface area contributed by atoms with Crippen LogP contribution in [0, 0.1) is 36.0 Å². The van der Waals surface area contributed by atoms with Crippen molar-refractivity contribution in [1.29, 1.82) is 0 Å². The molecule has 0 unspecified atom stereocenters. The lowest BCUT2D eigenvalue weighted by molar-refractivity contribution is 0.358. The Bertz CT molecular complexity index is 873. The van der Waals surface area contributed by atoms with Crippen LogP contribution in [0.15, 0.2) is 23.1 Å². The maximum Gasteiger partial charge on any atom is 0.268 e. The van der Waals surface area contributed by atoms with Crippen LogP contribution in [0.4, 0.5) is 27.6 Å². The molecule has 0 radical (unpaired) electrons. The quantitative estimate of drug-likeness (QED) is 0.500. The van der Waals surface area contributed by atoms with Gasteiger partial charge in [-0.25, -0.2) is 30.4 Å². The molecule has 0 atom stereocenters. The molecular formula is C13H7ClF5NO2S. The van der Waals surface area contributed by atoms with E-state index in [2.05, 4.69) is 0 Å². The van der Waals surface area contributed by atoms with E-state index >= 15 is 0 Å². The van der Waals surface area contributed by atoms with E-state index in [0.29, 0.717) is 0 Å². The van der Waals surface area contributed by atoms with Crippen LogP contribution in [0.5, 0.6) is 0 Å². The minimum Gasteiger partial charge on any atom is -0.279 e. The Kier molecular flexibility index (Phi) is 4.54. The summed E-state index contributed by atoms with van der Waals surface area (Å²) in [6.45, 7) is 1.43. The third-order valence-corrected chi connectivity index (χ3v) is 4.49. The zero-order valence-corrected chi connectivity index (χ0v) is 12.8. The van der Waals surface area contributed by atoms with Gasteiger partial charge in [-0.15, -0.1) is 0 Å². The number of halogens is 6. The maximum absolute atomic E-state index is 13.6. The summed E-state index contributed by atoms with van der Waals surface area (Å²) in [5, 5.41) is 0.265. The van der Waals surface area contributed by atoms with E-state index in [0.717, 1.165) is 0 Å². The molecular weight excluding hydrogens is 365 g/mol. The van der Waals surface area contributed by atoms with Crippen LogP contribution in [0.2, 0.25) is 5.02 Å². The van der Waals surface area contributed by atoms with Gasteiger partial charge in [0.05, 0.1) is 5.69 Å². The number of benzene rings is 2. The van der Waals surface area contributed by atoms with E-state index in [9.17, 15) is 30.4 Å². The lowest BCUT2D eigenvalue weighted by Gasteiger charge is -2.13. The number of hydrogen-bond donors (Lipinski definition) is 1. The fourth-order valence-electron chi connectivity index (χ4n) is 1.76. The summed E-state index contributed by atoms with van der Waals surface area (Å²) >= 11 is 5.68. The molecule has 0 heterocycles. The number of sulfonamides is 1. The van der Waals surface area contributed by atoms with Crippen molar-refractivity contribution < 1.29 is 30.4 Å². The number of aryl methyl sites for hydroxylation is 1. The number of anilines is 1. The van der Waals surface area contributed by atoms with Gasteiger partial charge in [0.1, 0.15) is 0 Å². The van der Waals surface area contributed by atoms with Crippen molar-refractivity contribution in [3.63, 3.8) is 0 Å². The van der Waals surface area contributed by atoms with E-state index < -0.39 is 44.0 Å². The molecule has 2 aromatic rings. The molecule has 1 N–H and O–H groups in total. The van der Waals surface area contributed by atoms with Crippen LogP contribution in [0.1, 0.15) is 5.56 Å². The van der Waals surface area contributed by atoms with E-state index in [1.165, 1.54) is 25.1 Å². The van der Waals surface area contributed by atoms with E-state index in [1.807, 2.05) is 0 Å². The average molecular weight is 372 g/mol. The van der Waals surface area contributed by atoms with Crippen molar-refractivity contribution in [2.45, 2.75) is 11.8 Å². The Hall–Kier alpha value is -1.87. The molecule has 0 amide bonds. The Balaban J connectivity index is 2.61. The highest BCUT2D eigenvalue weighted by atomic mass is 35.5. The predicted molar refractivity (Wildman–Crippen MR) is 73.2 cm³/mol. The fourth-order valence-corrected chi connectivity index (χ4v) is 3.26. The normalized spacial score (nSPS) is 11.6. The highest BCUT2D eigenvalue weighted by Gasteiger charge is 2.33. The maximum atomic E-state index is 13.6. The minimum absolute atomic E-state index is 0.127. The lowest BCUT2D eigenvalue weighted by Crippen LogP contribution is -2.20. The van der Waals surface area contributed by atoms with Gasteiger partial charge >= 0.3 is 0 Å². The van der Waals surface area contributed by atoms with E-state index in [1.54, 1.807) is 4.72 Å². The Morgan fingerprint density at radius 2 is 1.39 bits per heavy atom. The van der Waals surface area contributed by atoms with Gasteiger partial charge < -0.3 is 0 Å². The van der Waals surface area contributed by atoms with Crippen molar-refractivity contribution in [3.05, 3.63) is 57.9 Å². The Morgan fingerprint density at radius 1 is 0.913 bits per heavy atom. The zero-order valence-electron chi connectivity index (χ0n) is 11.2. The van der Waals surface area contributed by atoms with Crippen LogP contribution in [0.25, 0.3) is 0 Å². The fraction of sp³-hybridized carbons (Fsp3) is 0.0769. The van der Waals surface area contributed by atoms with Gasteiger partial charge in [0.25, 0.3) is 10.0 Å². The van der Waals surface area contributed by atoms with E-state index in [4.69, 9.17) is 11.6 Å². The summed E-state index contributed by atoms with van der Waals surface area (Å²) in [7, 11) is -5.06. The summed E-state index contributed by atoms with van der Waals surface area (Å²) in [4.78, 5) is -1.96. The van der Waals surface area contributed by atoms with Crippen LogP contribution in [-0.2, 0) is 10.0 Å². The first-order chi connectivity index (χ1) is 10.6. The molecule has 2 rings (SSSR count). The van der Waals surface area contributed by atoms with Gasteiger partial charge in [-0.1, -0.05) is 11.6 Å². The molecule has 0 aliphatic rings. The molecule has 0 aromatic heterocycles. The molecule has 0 bridgehead atoms. The van der Waals surface area contributed by atoms with Crippen molar-refractivity contribution in [3.8, 4) is 0 Å². The van der Waals surface area contributed by atoms with Gasteiger partial charge in [0.15, 0.2) is 28.2 Å². The van der Waals surface area contributed by atoms with Gasteiger partial charge in [-0.05, 0) is 30.7 Å². The van der Waals surface area contributed by atoms with Crippen LogP contribution >= 0.6 is 11.6 Å². The topological polar surface area (TPSA) is 46.2 Å². The Labute approximate surface area is 132 Å². The first-order valence-corrected chi connectivity index (χ1v) is 7.72. The van der Waals surface area contributed by atoms with Crippen LogP contribution in [0.3, 0.4) is 0 Å². The molecule has 0 saturated carbocycles. The number of rotatable bonds is 3. The standard InChI is InChI=1S/C13H7ClF5NO2S/c1-5-4-6(14)2-3-7(5)20-23(21,22)13-11(18)9(16)8(15)10(17)12(13)19/h2-4,20H,1H3. The summed E-state index contributed by atoms with van der Waals surface area (Å²) in [6, 6.07) is 3.81.